The van der Waals surface area contributed by atoms with E-state index in [1.54, 1.807) is 23.8 Å². The molecular weight excluding hydrogens is 522 g/mol. The summed E-state index contributed by atoms with van der Waals surface area (Å²) in [5, 5.41) is 9.30. The molecule has 0 spiro atoms. The molecule has 0 bridgehead atoms. The number of fused-ring (bicyclic) bond motifs is 2. The van der Waals surface area contributed by atoms with Gasteiger partial charge in [-0.05, 0) is 69.5 Å². The van der Waals surface area contributed by atoms with Gasteiger partial charge in [-0.1, -0.05) is 43.5 Å². The summed E-state index contributed by atoms with van der Waals surface area (Å²) < 4.78 is 5.08. The van der Waals surface area contributed by atoms with Gasteiger partial charge in [-0.25, -0.2) is 4.79 Å². The van der Waals surface area contributed by atoms with Crippen molar-refractivity contribution in [1.29, 1.82) is 0 Å². The number of benzene rings is 1. The molecule has 10 heteroatoms. The Kier molecular flexibility index (Phi) is 9.16. The first-order valence-electron chi connectivity index (χ1n) is 15.3. The highest BCUT2D eigenvalue weighted by Crippen LogP contribution is 2.39. The summed E-state index contributed by atoms with van der Waals surface area (Å²) in [4.78, 5) is 57.5. The Morgan fingerprint density at radius 1 is 0.976 bits per heavy atom. The van der Waals surface area contributed by atoms with Crippen molar-refractivity contribution in [3.63, 3.8) is 0 Å². The predicted octanol–water partition coefficient (Wildman–Crippen LogP) is 2.52. The molecule has 4 aliphatic rings. The molecule has 1 aromatic rings. The summed E-state index contributed by atoms with van der Waals surface area (Å²) in [6, 6.07) is 6.26. The SMILES string of the molecule is CN[C@@H](C)C(=O)N[C@H](C(=O)N1CC[C@@H]2[C@H]1[C@@H](C(=O)N[C@@H]1CCCc3ccccc31)CN2C(=O)OC)C1CCCCC1. The average Bonchev–Trinajstić information content (AvgIpc) is 3.60. The highest BCUT2D eigenvalue weighted by atomic mass is 16.5. The third-order valence-corrected chi connectivity index (χ3v) is 9.85. The summed E-state index contributed by atoms with van der Waals surface area (Å²) in [5.74, 6) is -1.03. The number of likely N-dealkylation sites (N-methyl/N-ethyl adjacent to an activating group) is 1. The fourth-order valence-electron chi connectivity index (χ4n) is 7.52. The number of aryl methyl sites for hydroxylation is 1. The van der Waals surface area contributed by atoms with Crippen LogP contribution in [0.25, 0.3) is 0 Å². The molecule has 224 valence electrons. The van der Waals surface area contributed by atoms with Gasteiger partial charge in [-0.2, -0.15) is 0 Å². The van der Waals surface area contributed by atoms with Gasteiger partial charge in [-0.3, -0.25) is 14.4 Å². The van der Waals surface area contributed by atoms with Gasteiger partial charge in [0.05, 0.1) is 37.2 Å². The maximum Gasteiger partial charge on any atom is 0.409 e. The van der Waals surface area contributed by atoms with E-state index < -0.39 is 30.1 Å². The number of carbonyl (C=O) groups excluding carboxylic acids is 4. The van der Waals surface area contributed by atoms with Crippen molar-refractivity contribution in [2.24, 2.45) is 11.8 Å². The molecule has 2 saturated heterocycles. The Morgan fingerprint density at radius 2 is 1.73 bits per heavy atom. The van der Waals surface area contributed by atoms with Crippen molar-refractivity contribution < 1.29 is 23.9 Å². The minimum atomic E-state index is -0.654. The molecule has 3 fully saturated rings. The molecule has 2 aliphatic heterocycles. The van der Waals surface area contributed by atoms with Gasteiger partial charge in [0.25, 0.3) is 0 Å². The van der Waals surface area contributed by atoms with Crippen LogP contribution in [0.5, 0.6) is 0 Å². The third kappa shape index (κ3) is 5.94. The van der Waals surface area contributed by atoms with Crippen molar-refractivity contribution in [3.05, 3.63) is 35.4 Å². The average molecular weight is 568 g/mol. The molecule has 3 N–H and O–H groups in total. The molecule has 4 amide bonds. The van der Waals surface area contributed by atoms with Crippen LogP contribution in [-0.2, 0) is 25.5 Å². The third-order valence-electron chi connectivity index (χ3n) is 9.85. The highest BCUT2D eigenvalue weighted by molar-refractivity contribution is 5.91. The number of hydrogen-bond donors (Lipinski definition) is 3. The first-order chi connectivity index (χ1) is 19.8. The van der Waals surface area contributed by atoms with E-state index in [4.69, 9.17) is 4.74 Å². The van der Waals surface area contributed by atoms with E-state index in [0.717, 1.165) is 56.9 Å². The van der Waals surface area contributed by atoms with Crippen molar-refractivity contribution in [1.82, 2.24) is 25.8 Å². The molecular formula is C31H45N5O5. The second kappa shape index (κ2) is 12.8. The highest BCUT2D eigenvalue weighted by Gasteiger charge is 2.55. The lowest BCUT2D eigenvalue weighted by atomic mass is 9.83. The molecule has 2 aliphatic carbocycles. The van der Waals surface area contributed by atoms with Crippen LogP contribution >= 0.6 is 0 Å². The van der Waals surface area contributed by atoms with Gasteiger partial charge in [0.1, 0.15) is 6.04 Å². The number of amides is 4. The van der Waals surface area contributed by atoms with Gasteiger partial charge in [0.2, 0.25) is 17.7 Å². The Bertz CT molecular complexity index is 1140. The molecule has 0 aromatic heterocycles. The van der Waals surface area contributed by atoms with E-state index in [-0.39, 0.29) is 42.3 Å². The quantitative estimate of drug-likeness (QED) is 0.466. The van der Waals surface area contributed by atoms with Crippen molar-refractivity contribution in [3.8, 4) is 0 Å². The number of ether oxygens (including phenoxy) is 1. The first-order valence-corrected chi connectivity index (χ1v) is 15.3. The van der Waals surface area contributed by atoms with E-state index in [2.05, 4.69) is 28.1 Å². The molecule has 0 unspecified atom stereocenters. The second-order valence-electron chi connectivity index (χ2n) is 12.2. The van der Waals surface area contributed by atoms with Crippen LogP contribution < -0.4 is 16.0 Å². The van der Waals surface area contributed by atoms with E-state index in [9.17, 15) is 19.2 Å². The van der Waals surface area contributed by atoms with Crippen LogP contribution in [0.4, 0.5) is 4.79 Å². The van der Waals surface area contributed by atoms with Gasteiger partial charge < -0.3 is 30.5 Å². The zero-order valence-electron chi connectivity index (χ0n) is 24.6. The van der Waals surface area contributed by atoms with Gasteiger partial charge >= 0.3 is 6.09 Å². The Balaban J connectivity index is 1.40. The largest absolute Gasteiger partial charge is 0.453 e. The molecule has 6 atom stereocenters. The first kappa shape index (κ1) is 29.4. The summed E-state index contributed by atoms with van der Waals surface area (Å²) in [5.41, 5.74) is 2.40. The van der Waals surface area contributed by atoms with Gasteiger partial charge in [0.15, 0.2) is 0 Å². The molecule has 1 saturated carbocycles. The number of carbonyl (C=O) groups is 4. The normalized spacial score (nSPS) is 27.4. The smallest absolute Gasteiger partial charge is 0.409 e. The molecule has 0 radical (unpaired) electrons. The molecule has 2 heterocycles. The minimum absolute atomic E-state index is 0.0486. The van der Waals surface area contributed by atoms with Gasteiger partial charge in [0, 0.05) is 13.1 Å². The Labute approximate surface area is 242 Å². The summed E-state index contributed by atoms with van der Waals surface area (Å²) in [6.45, 7) is 2.40. The van der Waals surface area contributed by atoms with Crippen LogP contribution in [0.3, 0.4) is 0 Å². The lowest BCUT2D eigenvalue weighted by Gasteiger charge is -2.36. The fraction of sp³-hybridized carbons (Fsp3) is 0.677. The summed E-state index contributed by atoms with van der Waals surface area (Å²) in [7, 11) is 3.07. The molecule has 5 rings (SSSR count). The Hall–Kier alpha value is -3.14. The molecule has 41 heavy (non-hydrogen) atoms. The lowest BCUT2D eigenvalue weighted by Crippen LogP contribution is -2.58. The maximum atomic E-state index is 14.3. The van der Waals surface area contributed by atoms with E-state index in [1.165, 1.54) is 12.7 Å². The predicted molar refractivity (Wildman–Crippen MR) is 154 cm³/mol. The molecule has 10 nitrogen and oxygen atoms in total. The standard InChI is InChI=1S/C31H45N5O5/c1-19(32-2)28(37)34-26(21-11-5-4-6-12-21)30(39)35-17-16-25-27(35)23(18-36(25)31(40)41-3)29(38)33-24-15-9-13-20-10-7-8-14-22(20)24/h7-8,10,14,19,21,23-27,32H,4-6,9,11-13,15-18H2,1-3H3,(H,33,38)(H,34,37)/t19-,23-,24+,25+,26-,27+/m0/s1. The lowest BCUT2D eigenvalue weighted by molar-refractivity contribution is -0.141. The minimum Gasteiger partial charge on any atom is -0.453 e. The van der Waals surface area contributed by atoms with Crippen molar-refractivity contribution in [2.45, 2.75) is 94.9 Å². The summed E-state index contributed by atoms with van der Waals surface area (Å²) >= 11 is 0. The number of nitrogens with zero attached hydrogens (tertiary/aromatic N) is 2. The number of rotatable bonds is 7. The monoisotopic (exact) mass is 567 g/mol. The van der Waals surface area contributed by atoms with Crippen molar-refractivity contribution >= 4 is 23.8 Å². The van der Waals surface area contributed by atoms with Crippen LogP contribution in [0.2, 0.25) is 0 Å². The van der Waals surface area contributed by atoms with Crippen LogP contribution in [-0.4, -0.2) is 85.0 Å². The van der Waals surface area contributed by atoms with E-state index >= 15 is 0 Å². The van der Waals surface area contributed by atoms with Crippen LogP contribution in [0.1, 0.15) is 75.5 Å². The Morgan fingerprint density at radius 3 is 2.46 bits per heavy atom. The van der Waals surface area contributed by atoms with Crippen LogP contribution in [0, 0.1) is 11.8 Å². The number of methoxy groups -OCH3 is 1. The fourth-order valence-corrected chi connectivity index (χ4v) is 7.52. The zero-order chi connectivity index (χ0) is 29.1. The number of hydrogen-bond acceptors (Lipinski definition) is 6. The van der Waals surface area contributed by atoms with E-state index in [1.807, 2.05) is 12.1 Å². The summed E-state index contributed by atoms with van der Waals surface area (Å²) in [6.07, 6.45) is 7.88. The van der Waals surface area contributed by atoms with Gasteiger partial charge in [-0.15, -0.1) is 0 Å². The topological polar surface area (TPSA) is 120 Å². The number of nitrogens with one attached hydrogen (secondary N) is 3. The molecule has 1 aromatic carbocycles. The number of likely N-dealkylation sites (tertiary alicyclic amines) is 2. The zero-order valence-corrected chi connectivity index (χ0v) is 24.6. The van der Waals surface area contributed by atoms with Crippen molar-refractivity contribution in [2.75, 3.05) is 27.2 Å². The van der Waals surface area contributed by atoms with Crippen LogP contribution in [0.15, 0.2) is 24.3 Å². The van der Waals surface area contributed by atoms with E-state index in [0.29, 0.717) is 13.0 Å². The maximum absolute atomic E-state index is 14.3. The second-order valence-corrected chi connectivity index (χ2v) is 12.2.